The quantitative estimate of drug-likeness (QED) is 0.821. The van der Waals surface area contributed by atoms with Gasteiger partial charge < -0.3 is 14.8 Å². The summed E-state index contributed by atoms with van der Waals surface area (Å²) < 4.78 is 11.7. The fraction of sp³-hybridized carbons (Fsp3) is 1.00. The molecule has 2 aliphatic heterocycles. The minimum Gasteiger partial charge on any atom is -0.378 e. The van der Waals surface area contributed by atoms with Crippen LogP contribution in [0, 0.1) is 5.92 Å². The number of hydrogen-bond acceptors (Lipinski definition) is 4. The van der Waals surface area contributed by atoms with E-state index in [0.29, 0.717) is 24.2 Å². The minimum absolute atomic E-state index is 0.356. The summed E-state index contributed by atoms with van der Waals surface area (Å²) in [6.45, 7) is 12.8. The van der Waals surface area contributed by atoms with Crippen molar-refractivity contribution in [1.29, 1.82) is 0 Å². The van der Waals surface area contributed by atoms with Gasteiger partial charge in [-0.05, 0) is 25.3 Å². The van der Waals surface area contributed by atoms with Crippen molar-refractivity contribution in [2.24, 2.45) is 5.92 Å². The predicted octanol–water partition coefficient (Wildman–Crippen LogP) is 1.50. The molecule has 0 radical (unpaired) electrons. The van der Waals surface area contributed by atoms with E-state index >= 15 is 0 Å². The van der Waals surface area contributed by atoms with Crippen LogP contribution in [0.25, 0.3) is 0 Å². The number of nitrogens with one attached hydrogen (secondary N) is 1. The van der Waals surface area contributed by atoms with E-state index < -0.39 is 0 Å². The number of hydrogen-bond donors (Lipinski definition) is 1. The largest absolute Gasteiger partial charge is 0.378 e. The highest BCUT2D eigenvalue weighted by atomic mass is 16.5. The second-order valence-electron chi connectivity index (χ2n) is 6.17. The molecule has 2 saturated heterocycles. The molecule has 2 fully saturated rings. The first-order valence-corrected chi connectivity index (χ1v) is 7.88. The zero-order valence-corrected chi connectivity index (χ0v) is 12.7. The van der Waals surface area contributed by atoms with E-state index in [1.165, 1.54) is 0 Å². The van der Waals surface area contributed by atoms with Gasteiger partial charge in [0.15, 0.2) is 0 Å². The fourth-order valence-electron chi connectivity index (χ4n) is 2.97. The highest BCUT2D eigenvalue weighted by Gasteiger charge is 2.26. The molecule has 0 aromatic rings. The predicted molar refractivity (Wildman–Crippen MR) is 77.5 cm³/mol. The second-order valence-corrected chi connectivity index (χ2v) is 6.17. The van der Waals surface area contributed by atoms with Crippen LogP contribution in [0.2, 0.25) is 0 Å². The van der Waals surface area contributed by atoms with Crippen LogP contribution in [0.4, 0.5) is 0 Å². The molecule has 2 rings (SSSR count). The van der Waals surface area contributed by atoms with Crippen molar-refractivity contribution in [1.82, 2.24) is 10.2 Å². The molecule has 0 aromatic heterocycles. The highest BCUT2D eigenvalue weighted by molar-refractivity contribution is 4.81. The van der Waals surface area contributed by atoms with Crippen molar-refractivity contribution in [3.8, 4) is 0 Å². The summed E-state index contributed by atoms with van der Waals surface area (Å²) in [6, 6.07) is 0.599. The third kappa shape index (κ3) is 4.71. The van der Waals surface area contributed by atoms with Crippen molar-refractivity contribution in [2.75, 3.05) is 39.4 Å². The lowest BCUT2D eigenvalue weighted by Crippen LogP contribution is -2.49. The van der Waals surface area contributed by atoms with Gasteiger partial charge in [-0.25, -0.2) is 0 Å². The van der Waals surface area contributed by atoms with Crippen LogP contribution in [0.3, 0.4) is 0 Å². The molecule has 0 aromatic carbocycles. The number of nitrogens with zero attached hydrogens (tertiary/aromatic N) is 1. The molecule has 0 spiro atoms. The molecule has 4 heteroatoms. The minimum atomic E-state index is 0.356. The van der Waals surface area contributed by atoms with Crippen LogP contribution in [0.5, 0.6) is 0 Å². The maximum Gasteiger partial charge on any atom is 0.0826 e. The van der Waals surface area contributed by atoms with Gasteiger partial charge >= 0.3 is 0 Å². The molecular formula is C15H30N2O2. The Morgan fingerprint density at radius 3 is 2.84 bits per heavy atom. The summed E-state index contributed by atoms with van der Waals surface area (Å²) in [5.41, 5.74) is 0. The summed E-state index contributed by atoms with van der Waals surface area (Å²) in [6.07, 6.45) is 3.05. The van der Waals surface area contributed by atoms with Crippen LogP contribution in [-0.2, 0) is 9.47 Å². The number of likely N-dealkylation sites (N-methyl/N-ethyl adjacent to an activating group) is 1. The summed E-state index contributed by atoms with van der Waals surface area (Å²) in [5.74, 6) is 0.617. The Labute approximate surface area is 117 Å². The van der Waals surface area contributed by atoms with E-state index in [4.69, 9.17) is 9.47 Å². The first-order valence-electron chi connectivity index (χ1n) is 7.88. The van der Waals surface area contributed by atoms with Crippen LogP contribution < -0.4 is 5.32 Å². The maximum atomic E-state index is 5.84. The number of rotatable bonds is 5. The van der Waals surface area contributed by atoms with Gasteiger partial charge in [-0.1, -0.05) is 20.8 Å². The van der Waals surface area contributed by atoms with Crippen molar-refractivity contribution >= 4 is 0 Å². The summed E-state index contributed by atoms with van der Waals surface area (Å²) >= 11 is 0. The van der Waals surface area contributed by atoms with E-state index in [9.17, 15) is 0 Å². The van der Waals surface area contributed by atoms with Crippen LogP contribution in [-0.4, -0.2) is 62.5 Å². The molecular weight excluding hydrogens is 240 g/mol. The molecule has 2 aliphatic rings. The van der Waals surface area contributed by atoms with Gasteiger partial charge in [0.1, 0.15) is 0 Å². The molecule has 0 saturated carbocycles. The van der Waals surface area contributed by atoms with Gasteiger partial charge in [0.25, 0.3) is 0 Å². The summed E-state index contributed by atoms with van der Waals surface area (Å²) in [7, 11) is 0. The van der Waals surface area contributed by atoms with Crippen molar-refractivity contribution in [3.63, 3.8) is 0 Å². The standard InChI is InChI=1S/C15H30N2O2/c1-4-17-6-8-18-14(11-17)10-16-13-5-7-19-15(9-13)12(2)3/h12-16H,4-11H2,1-3H3. The smallest absolute Gasteiger partial charge is 0.0826 e. The van der Waals surface area contributed by atoms with E-state index in [2.05, 4.69) is 31.0 Å². The Balaban J connectivity index is 1.69. The van der Waals surface area contributed by atoms with Crippen LogP contribution in [0.15, 0.2) is 0 Å². The van der Waals surface area contributed by atoms with Crippen LogP contribution >= 0.6 is 0 Å². The zero-order chi connectivity index (χ0) is 13.7. The van der Waals surface area contributed by atoms with Gasteiger partial charge in [0.2, 0.25) is 0 Å². The third-order valence-corrected chi connectivity index (χ3v) is 4.36. The highest BCUT2D eigenvalue weighted by Crippen LogP contribution is 2.20. The fourth-order valence-corrected chi connectivity index (χ4v) is 2.97. The summed E-state index contributed by atoms with van der Waals surface area (Å²) in [5, 5.41) is 3.69. The van der Waals surface area contributed by atoms with E-state index in [-0.39, 0.29) is 0 Å². The lowest BCUT2D eigenvalue weighted by molar-refractivity contribution is -0.0406. The SMILES string of the molecule is CCN1CCOC(CNC2CCOC(C(C)C)C2)C1. The molecule has 4 nitrogen and oxygen atoms in total. The van der Waals surface area contributed by atoms with Gasteiger partial charge in [-0.2, -0.15) is 0 Å². The summed E-state index contributed by atoms with van der Waals surface area (Å²) in [4.78, 5) is 2.47. The Kier molecular flexibility index (Phi) is 6.07. The Bertz CT molecular complexity index is 261. The molecule has 112 valence electrons. The van der Waals surface area contributed by atoms with Crippen molar-refractivity contribution < 1.29 is 9.47 Å². The molecule has 1 N–H and O–H groups in total. The monoisotopic (exact) mass is 270 g/mol. The molecule has 0 aliphatic carbocycles. The lowest BCUT2D eigenvalue weighted by atomic mass is 9.95. The first kappa shape index (κ1) is 15.2. The van der Waals surface area contributed by atoms with Gasteiger partial charge in [-0.3, -0.25) is 4.90 Å². The average Bonchev–Trinajstić information content (AvgIpc) is 2.45. The molecule has 2 heterocycles. The third-order valence-electron chi connectivity index (χ3n) is 4.36. The Morgan fingerprint density at radius 1 is 1.26 bits per heavy atom. The normalized spacial score (nSPS) is 33.8. The molecule has 0 bridgehead atoms. The number of ether oxygens (including phenoxy) is 2. The van der Waals surface area contributed by atoms with E-state index in [0.717, 1.165) is 52.2 Å². The molecule has 3 atom stereocenters. The Morgan fingerprint density at radius 2 is 2.11 bits per heavy atom. The van der Waals surface area contributed by atoms with Gasteiger partial charge in [0, 0.05) is 32.3 Å². The van der Waals surface area contributed by atoms with E-state index in [1.807, 2.05) is 0 Å². The molecule has 19 heavy (non-hydrogen) atoms. The maximum absolute atomic E-state index is 5.84. The van der Waals surface area contributed by atoms with Crippen molar-refractivity contribution in [2.45, 2.75) is 51.9 Å². The van der Waals surface area contributed by atoms with Gasteiger partial charge in [0.05, 0.1) is 18.8 Å². The Hall–Kier alpha value is -0.160. The first-order chi connectivity index (χ1) is 9.19. The van der Waals surface area contributed by atoms with Crippen molar-refractivity contribution in [3.05, 3.63) is 0 Å². The molecule has 3 unspecified atom stereocenters. The second kappa shape index (κ2) is 7.58. The molecule has 0 amide bonds. The number of morpholine rings is 1. The topological polar surface area (TPSA) is 33.7 Å². The van der Waals surface area contributed by atoms with Gasteiger partial charge in [-0.15, -0.1) is 0 Å². The van der Waals surface area contributed by atoms with Crippen LogP contribution in [0.1, 0.15) is 33.6 Å². The van der Waals surface area contributed by atoms with E-state index in [1.54, 1.807) is 0 Å². The average molecular weight is 270 g/mol. The lowest BCUT2D eigenvalue weighted by Gasteiger charge is -2.35. The zero-order valence-electron chi connectivity index (χ0n) is 12.7.